The van der Waals surface area contributed by atoms with Gasteiger partial charge in [-0.15, -0.1) is 0 Å². The molecule has 6 nitrogen and oxygen atoms in total. The summed E-state index contributed by atoms with van der Waals surface area (Å²) in [6, 6.07) is 11.4. The van der Waals surface area contributed by atoms with Crippen LogP contribution in [0.3, 0.4) is 0 Å². The van der Waals surface area contributed by atoms with Gasteiger partial charge >= 0.3 is 5.97 Å². The monoisotopic (exact) mass is 451 g/mol. The smallest absolute Gasteiger partial charge is 0.343 e. The molecule has 2 aromatic carbocycles. The molecule has 3 rings (SSSR count). The van der Waals surface area contributed by atoms with Crippen molar-refractivity contribution in [3.63, 3.8) is 0 Å². The van der Waals surface area contributed by atoms with Gasteiger partial charge in [0.1, 0.15) is 10.6 Å². The number of carbonyl (C=O) groups excluding carboxylic acids is 1. The van der Waals surface area contributed by atoms with E-state index in [9.17, 15) is 13.2 Å². The summed E-state index contributed by atoms with van der Waals surface area (Å²) in [6.07, 6.45) is -0.464. The highest BCUT2D eigenvalue weighted by Crippen LogP contribution is 2.29. The van der Waals surface area contributed by atoms with E-state index in [0.717, 1.165) is 5.56 Å². The molecule has 1 aliphatic heterocycles. The molecule has 1 aliphatic rings. The Kier molecular flexibility index (Phi) is 6.87. The molecule has 1 fully saturated rings. The molecule has 162 valence electrons. The molecule has 1 saturated heterocycles. The minimum absolute atomic E-state index is 0.0552. The Morgan fingerprint density at radius 2 is 1.70 bits per heavy atom. The van der Waals surface area contributed by atoms with Gasteiger partial charge in [-0.05, 0) is 55.7 Å². The third kappa shape index (κ3) is 5.03. The highest BCUT2D eigenvalue weighted by atomic mass is 35.5. The maximum atomic E-state index is 13.2. The SMILES string of the molecule is CC1CN(S(=O)(=O)c2cc(C(=O)Oc3ccc(C(C)C)cc3)ccc2Cl)CC(C)O1. The number of halogens is 1. The zero-order valence-corrected chi connectivity index (χ0v) is 19.0. The Bertz CT molecular complexity index is 1010. The van der Waals surface area contributed by atoms with Crippen molar-refractivity contribution in [3.8, 4) is 5.75 Å². The second kappa shape index (κ2) is 9.06. The van der Waals surface area contributed by atoms with Gasteiger partial charge in [0.25, 0.3) is 0 Å². The van der Waals surface area contributed by atoms with Crippen molar-refractivity contribution >= 4 is 27.6 Å². The van der Waals surface area contributed by atoms with Crippen molar-refractivity contribution in [2.75, 3.05) is 13.1 Å². The minimum atomic E-state index is -3.89. The van der Waals surface area contributed by atoms with E-state index in [-0.39, 0.29) is 40.8 Å². The first kappa shape index (κ1) is 22.7. The van der Waals surface area contributed by atoms with Crippen LogP contribution in [0.5, 0.6) is 5.75 Å². The van der Waals surface area contributed by atoms with Gasteiger partial charge < -0.3 is 9.47 Å². The van der Waals surface area contributed by atoms with E-state index in [1.807, 2.05) is 26.0 Å². The minimum Gasteiger partial charge on any atom is -0.423 e. The fraction of sp³-hybridized carbons (Fsp3) is 0.409. The molecule has 0 bridgehead atoms. The average Bonchev–Trinajstić information content (AvgIpc) is 2.67. The van der Waals surface area contributed by atoms with E-state index < -0.39 is 16.0 Å². The zero-order valence-electron chi connectivity index (χ0n) is 17.5. The van der Waals surface area contributed by atoms with Crippen LogP contribution in [0.1, 0.15) is 49.5 Å². The summed E-state index contributed by atoms with van der Waals surface area (Å²) >= 11 is 6.20. The van der Waals surface area contributed by atoms with E-state index in [1.165, 1.54) is 22.5 Å². The number of rotatable bonds is 5. The molecule has 2 unspecified atom stereocenters. The van der Waals surface area contributed by atoms with Crippen molar-refractivity contribution < 1.29 is 22.7 Å². The molecule has 0 N–H and O–H groups in total. The number of ether oxygens (including phenoxy) is 2. The normalized spacial score (nSPS) is 20.3. The third-order valence-corrected chi connectivity index (χ3v) is 7.24. The van der Waals surface area contributed by atoms with Gasteiger partial charge in [0.05, 0.1) is 22.8 Å². The molecular formula is C22H26ClNO5S. The summed E-state index contributed by atoms with van der Waals surface area (Å²) in [7, 11) is -3.89. The van der Waals surface area contributed by atoms with Gasteiger partial charge in [-0.1, -0.05) is 37.6 Å². The first-order valence-electron chi connectivity index (χ1n) is 9.85. The molecule has 0 radical (unpaired) electrons. The quantitative estimate of drug-likeness (QED) is 0.495. The number of carbonyl (C=O) groups is 1. The van der Waals surface area contributed by atoms with Gasteiger partial charge in [0.2, 0.25) is 10.0 Å². The number of benzene rings is 2. The van der Waals surface area contributed by atoms with Crippen molar-refractivity contribution in [2.24, 2.45) is 0 Å². The van der Waals surface area contributed by atoms with Crippen LogP contribution < -0.4 is 4.74 Å². The molecule has 2 atom stereocenters. The highest BCUT2D eigenvalue weighted by molar-refractivity contribution is 7.89. The first-order valence-corrected chi connectivity index (χ1v) is 11.7. The number of hydrogen-bond donors (Lipinski definition) is 0. The molecule has 2 aromatic rings. The predicted octanol–water partition coefficient (Wildman–Crippen LogP) is 4.48. The van der Waals surface area contributed by atoms with Crippen molar-refractivity contribution in [1.29, 1.82) is 0 Å². The lowest BCUT2D eigenvalue weighted by molar-refractivity contribution is -0.0440. The summed E-state index contributed by atoms with van der Waals surface area (Å²) in [5, 5.41) is 0.0552. The van der Waals surface area contributed by atoms with Crippen LogP contribution in [0.15, 0.2) is 47.4 Å². The molecule has 30 heavy (non-hydrogen) atoms. The molecule has 0 aromatic heterocycles. The first-order chi connectivity index (χ1) is 14.1. The predicted molar refractivity (Wildman–Crippen MR) is 116 cm³/mol. The molecule has 8 heteroatoms. The molecule has 0 saturated carbocycles. The van der Waals surface area contributed by atoms with Crippen molar-refractivity contribution in [1.82, 2.24) is 4.31 Å². The van der Waals surface area contributed by atoms with E-state index in [4.69, 9.17) is 21.1 Å². The standard InChI is InChI=1S/C22H26ClNO5S/c1-14(2)17-5-8-19(9-6-17)29-22(25)18-7-10-20(23)21(11-18)30(26,27)24-12-15(3)28-16(4)13-24/h5-11,14-16H,12-13H2,1-4H3. The number of morpholine rings is 1. The maximum absolute atomic E-state index is 13.2. The Morgan fingerprint density at radius 1 is 1.10 bits per heavy atom. The van der Waals surface area contributed by atoms with Gasteiger partial charge in [0, 0.05) is 13.1 Å². The zero-order chi connectivity index (χ0) is 22.1. The maximum Gasteiger partial charge on any atom is 0.343 e. The second-order valence-corrected chi connectivity index (χ2v) is 10.2. The summed E-state index contributed by atoms with van der Waals surface area (Å²) in [6.45, 7) is 8.23. The Morgan fingerprint density at radius 3 is 2.27 bits per heavy atom. The molecule has 0 aliphatic carbocycles. The van der Waals surface area contributed by atoms with Gasteiger partial charge in [0.15, 0.2) is 0 Å². The van der Waals surface area contributed by atoms with E-state index in [2.05, 4.69) is 13.8 Å². The molecule has 0 spiro atoms. The van der Waals surface area contributed by atoms with Gasteiger partial charge in [-0.25, -0.2) is 13.2 Å². The van der Waals surface area contributed by atoms with E-state index >= 15 is 0 Å². The van der Waals surface area contributed by atoms with Gasteiger partial charge in [-0.3, -0.25) is 0 Å². The largest absolute Gasteiger partial charge is 0.423 e. The fourth-order valence-electron chi connectivity index (χ4n) is 3.38. The van der Waals surface area contributed by atoms with E-state index in [1.54, 1.807) is 12.1 Å². The Labute approximate surface area is 182 Å². The van der Waals surface area contributed by atoms with Crippen LogP contribution in [-0.4, -0.2) is 44.0 Å². The third-order valence-electron chi connectivity index (χ3n) is 4.93. The molecule has 0 amide bonds. The number of nitrogens with zero attached hydrogens (tertiary/aromatic N) is 1. The fourth-order valence-corrected chi connectivity index (χ4v) is 5.47. The van der Waals surface area contributed by atoms with Crippen molar-refractivity contribution in [2.45, 2.75) is 50.7 Å². The van der Waals surface area contributed by atoms with E-state index in [0.29, 0.717) is 11.7 Å². The van der Waals surface area contributed by atoms with Crippen LogP contribution in [0.25, 0.3) is 0 Å². The lowest BCUT2D eigenvalue weighted by atomic mass is 10.0. The summed E-state index contributed by atoms with van der Waals surface area (Å²) in [5.41, 5.74) is 1.24. The average molecular weight is 452 g/mol. The van der Waals surface area contributed by atoms with Gasteiger partial charge in [-0.2, -0.15) is 4.31 Å². The lowest BCUT2D eigenvalue weighted by Crippen LogP contribution is -2.48. The van der Waals surface area contributed by atoms with Crippen LogP contribution in [0, 0.1) is 0 Å². The van der Waals surface area contributed by atoms with Crippen molar-refractivity contribution in [3.05, 3.63) is 58.6 Å². The van der Waals surface area contributed by atoms with Crippen LogP contribution >= 0.6 is 11.6 Å². The number of esters is 1. The topological polar surface area (TPSA) is 72.9 Å². The molecule has 1 heterocycles. The highest BCUT2D eigenvalue weighted by Gasteiger charge is 2.34. The van der Waals surface area contributed by atoms with Crippen LogP contribution in [0.2, 0.25) is 5.02 Å². The Hall–Kier alpha value is -1.93. The van der Waals surface area contributed by atoms with Crippen LogP contribution in [0.4, 0.5) is 0 Å². The summed E-state index contributed by atoms with van der Waals surface area (Å²) in [4.78, 5) is 12.5. The molecular weight excluding hydrogens is 426 g/mol. The summed E-state index contributed by atoms with van der Waals surface area (Å²) < 4.78 is 38.7. The number of hydrogen-bond acceptors (Lipinski definition) is 5. The Balaban J connectivity index is 1.84. The number of sulfonamides is 1. The lowest BCUT2D eigenvalue weighted by Gasteiger charge is -2.34. The summed E-state index contributed by atoms with van der Waals surface area (Å²) in [5.74, 6) is 0.105. The van der Waals surface area contributed by atoms with Crippen LogP contribution in [-0.2, 0) is 14.8 Å². The second-order valence-electron chi connectivity index (χ2n) is 7.84.